The molecule has 6 amide bonds. The van der Waals surface area contributed by atoms with Gasteiger partial charge in [0, 0.05) is 37.5 Å². The number of carbonyl (C=O) groups is 8. The van der Waals surface area contributed by atoms with Gasteiger partial charge in [-0.3, -0.25) is 33.6 Å². The quantitative estimate of drug-likeness (QED) is 0.279. The summed E-state index contributed by atoms with van der Waals surface area (Å²) in [6.07, 6.45) is -1.32. The number of piperidine rings is 1. The number of hydrogen-bond donors (Lipinski definition) is 3. The van der Waals surface area contributed by atoms with Crippen molar-refractivity contribution in [2.75, 3.05) is 40.3 Å². The van der Waals surface area contributed by atoms with E-state index in [0.717, 1.165) is 11.6 Å². The standard InChI is InChI=1S/C47H61ClFN7O10/c1-26-10-9-11-30(18-26)20-35(51-39(57)21-31-13-14-32(48)22-34(31)49)42(59)52-41-29(4)65-47(64)38-19-27(2)24-55(38)44(61)28(3)50-43(60)36-12-7-8-16-54(36)45(62)37-23-33(25-56(37)46(41)63)66-40(58)15-17-53(5)6/h9-11,13-14,18,22,27-29,33,35-38,41H,7-8,12,15-17,19-21,23-25H2,1-6H3,(H,50,60)(H,51,57)(H,52,59)/t27-,28+,29+,33-,35+,36+,37+,38+,41+/m1/s1. The molecule has 0 spiro atoms. The molecule has 6 rings (SSSR count). The van der Waals surface area contributed by atoms with E-state index in [9.17, 15) is 38.0 Å². The summed E-state index contributed by atoms with van der Waals surface area (Å²) in [5, 5.41) is 8.33. The zero-order valence-corrected chi connectivity index (χ0v) is 39.1. The van der Waals surface area contributed by atoms with Crippen LogP contribution < -0.4 is 16.0 Å². The molecule has 9 atom stereocenters. The first-order chi connectivity index (χ1) is 31.3. The van der Waals surface area contributed by atoms with Gasteiger partial charge in [0.25, 0.3) is 0 Å². The van der Waals surface area contributed by atoms with E-state index in [2.05, 4.69) is 16.0 Å². The van der Waals surface area contributed by atoms with Gasteiger partial charge >= 0.3 is 11.9 Å². The number of nitrogens with zero attached hydrogens (tertiary/aromatic N) is 4. The predicted octanol–water partition coefficient (Wildman–Crippen LogP) is 2.07. The van der Waals surface area contributed by atoms with Crippen LogP contribution in [0.3, 0.4) is 0 Å². The number of hydrogen-bond acceptors (Lipinski definition) is 11. The fourth-order valence-corrected chi connectivity index (χ4v) is 9.38. The highest BCUT2D eigenvalue weighted by atomic mass is 35.5. The summed E-state index contributed by atoms with van der Waals surface area (Å²) in [6, 6.07) is 3.59. The molecule has 17 nitrogen and oxygen atoms in total. The van der Waals surface area contributed by atoms with Crippen molar-refractivity contribution in [1.82, 2.24) is 35.6 Å². The second-order valence-electron chi connectivity index (χ2n) is 18.4. The van der Waals surface area contributed by atoms with Crippen LogP contribution in [0.1, 0.15) is 76.0 Å². The monoisotopic (exact) mass is 937 g/mol. The van der Waals surface area contributed by atoms with E-state index in [0.29, 0.717) is 24.9 Å². The van der Waals surface area contributed by atoms with Crippen LogP contribution in [-0.4, -0.2) is 156 Å². The molecule has 0 unspecified atom stereocenters. The largest absolute Gasteiger partial charge is 0.460 e. The molecular weight excluding hydrogens is 877 g/mol. The van der Waals surface area contributed by atoms with Crippen LogP contribution in [0.2, 0.25) is 5.02 Å². The Kier molecular flexibility index (Phi) is 16.4. The van der Waals surface area contributed by atoms with Crippen LogP contribution in [0.15, 0.2) is 42.5 Å². The normalized spacial score (nSPS) is 26.8. The molecule has 0 aliphatic carbocycles. The molecule has 4 heterocycles. The third-order valence-corrected chi connectivity index (χ3v) is 12.9. The molecule has 0 bridgehead atoms. The smallest absolute Gasteiger partial charge is 0.329 e. The summed E-state index contributed by atoms with van der Waals surface area (Å²) < 4.78 is 26.7. The van der Waals surface area contributed by atoms with Gasteiger partial charge in [-0.2, -0.15) is 0 Å². The van der Waals surface area contributed by atoms with Crippen molar-refractivity contribution in [2.24, 2.45) is 5.92 Å². The van der Waals surface area contributed by atoms with Crippen molar-refractivity contribution >= 4 is 59.0 Å². The van der Waals surface area contributed by atoms with E-state index in [1.807, 2.05) is 26.0 Å². The molecule has 0 saturated carbocycles. The number of aryl methyl sites for hydroxylation is 1. The Morgan fingerprint density at radius 1 is 0.924 bits per heavy atom. The van der Waals surface area contributed by atoms with Crippen LogP contribution in [0.5, 0.6) is 0 Å². The number of cyclic esters (lactones) is 1. The van der Waals surface area contributed by atoms with Crippen molar-refractivity contribution in [1.29, 1.82) is 0 Å². The lowest BCUT2D eigenvalue weighted by molar-refractivity contribution is -0.163. The van der Waals surface area contributed by atoms with Crippen molar-refractivity contribution in [3.8, 4) is 0 Å². The first-order valence-corrected chi connectivity index (χ1v) is 23.0. The lowest BCUT2D eigenvalue weighted by Crippen LogP contribution is -2.63. The lowest BCUT2D eigenvalue weighted by Gasteiger charge is -2.39. The Labute approximate surface area is 389 Å². The predicted molar refractivity (Wildman–Crippen MR) is 239 cm³/mol. The van der Waals surface area contributed by atoms with Crippen LogP contribution >= 0.6 is 11.6 Å². The van der Waals surface area contributed by atoms with E-state index in [4.69, 9.17) is 21.1 Å². The van der Waals surface area contributed by atoms with E-state index in [1.165, 1.54) is 40.7 Å². The highest BCUT2D eigenvalue weighted by molar-refractivity contribution is 6.30. The molecule has 3 N–H and O–H groups in total. The zero-order valence-electron chi connectivity index (χ0n) is 38.4. The average molecular weight is 938 g/mol. The third kappa shape index (κ3) is 12.2. The molecule has 358 valence electrons. The average Bonchev–Trinajstić information content (AvgIpc) is 3.87. The van der Waals surface area contributed by atoms with Gasteiger partial charge in [-0.05, 0) is 89.7 Å². The zero-order chi connectivity index (χ0) is 48.0. The van der Waals surface area contributed by atoms with Gasteiger partial charge in [0.05, 0.1) is 19.4 Å². The van der Waals surface area contributed by atoms with E-state index in [1.54, 1.807) is 31.1 Å². The molecule has 2 aromatic carbocycles. The number of esters is 2. The molecule has 4 fully saturated rings. The number of fused-ring (bicyclic) bond motifs is 3. The number of halogens is 2. The number of rotatable bonds is 11. The van der Waals surface area contributed by atoms with Crippen molar-refractivity contribution < 1.29 is 52.2 Å². The van der Waals surface area contributed by atoms with Crippen molar-refractivity contribution in [2.45, 2.75) is 128 Å². The minimum absolute atomic E-state index is 0.0261. The van der Waals surface area contributed by atoms with Crippen LogP contribution in [0.25, 0.3) is 0 Å². The molecule has 0 aromatic heterocycles. The minimum Gasteiger partial charge on any atom is -0.460 e. The topological polar surface area (TPSA) is 204 Å². The molecule has 0 radical (unpaired) electrons. The second kappa shape index (κ2) is 21.8. The van der Waals surface area contributed by atoms with E-state index in [-0.39, 0.29) is 68.2 Å². The third-order valence-electron chi connectivity index (χ3n) is 12.7. The summed E-state index contributed by atoms with van der Waals surface area (Å²) in [4.78, 5) is 119. The SMILES string of the molecule is Cc1cccc(C[C@H](NC(=O)Cc2ccc(Cl)cc2F)C(=O)N[C@@H]2C(=O)N3C[C@H](OC(=O)CCN(C)C)C[C@H]3C(=O)N3CCCC[C@H]3C(=O)N[C@@H](C)C(=O)N3C[C@H](C)C[C@H]3C(=O)O[C@H]2C)c1. The molecule has 4 aliphatic heterocycles. The van der Waals surface area contributed by atoms with Gasteiger partial charge in [0.15, 0.2) is 0 Å². The molecule has 19 heteroatoms. The van der Waals surface area contributed by atoms with Gasteiger partial charge in [0.2, 0.25) is 35.4 Å². The molecule has 66 heavy (non-hydrogen) atoms. The van der Waals surface area contributed by atoms with Crippen LogP contribution in [0.4, 0.5) is 4.39 Å². The number of carbonyl (C=O) groups excluding carboxylic acids is 8. The second-order valence-corrected chi connectivity index (χ2v) is 18.8. The first kappa shape index (κ1) is 49.8. The number of benzene rings is 2. The maximum absolute atomic E-state index is 15.2. The van der Waals surface area contributed by atoms with Crippen LogP contribution in [0, 0.1) is 18.7 Å². The summed E-state index contributed by atoms with van der Waals surface area (Å²) in [6.45, 7) is 7.11. The minimum atomic E-state index is -1.69. The number of amides is 6. The number of nitrogens with one attached hydrogen (secondary N) is 3. The lowest BCUT2D eigenvalue weighted by atomic mass is 9.98. The Hall–Kier alpha value is -5.62. The van der Waals surface area contributed by atoms with Crippen molar-refractivity contribution in [3.05, 3.63) is 70.0 Å². The van der Waals surface area contributed by atoms with Gasteiger partial charge in [-0.1, -0.05) is 54.4 Å². The summed E-state index contributed by atoms with van der Waals surface area (Å²) in [5.41, 5.74) is 1.54. The van der Waals surface area contributed by atoms with Crippen LogP contribution in [-0.2, 0) is 60.7 Å². The van der Waals surface area contributed by atoms with E-state index >= 15 is 4.79 Å². The highest BCUT2D eigenvalue weighted by Gasteiger charge is 2.50. The highest BCUT2D eigenvalue weighted by Crippen LogP contribution is 2.30. The Morgan fingerprint density at radius 2 is 1.67 bits per heavy atom. The fraction of sp³-hybridized carbons (Fsp3) is 0.574. The molecular formula is C47H61ClFN7O10. The van der Waals surface area contributed by atoms with E-state index < -0.39 is 108 Å². The van der Waals surface area contributed by atoms with Gasteiger partial charge in [-0.15, -0.1) is 0 Å². The molecule has 4 saturated heterocycles. The maximum Gasteiger partial charge on any atom is 0.329 e. The molecule has 4 aliphatic rings. The maximum atomic E-state index is 15.2. The summed E-state index contributed by atoms with van der Waals surface area (Å²) in [7, 11) is 3.59. The Balaban J connectivity index is 1.38. The fourth-order valence-electron chi connectivity index (χ4n) is 9.22. The van der Waals surface area contributed by atoms with Crippen molar-refractivity contribution in [3.63, 3.8) is 0 Å². The molecule has 2 aromatic rings. The Bertz CT molecular complexity index is 2190. The Morgan fingerprint density at radius 3 is 2.38 bits per heavy atom. The summed E-state index contributed by atoms with van der Waals surface area (Å²) in [5.74, 6) is -6.39. The number of ether oxygens (including phenoxy) is 2. The van der Waals surface area contributed by atoms with Gasteiger partial charge in [0.1, 0.15) is 54.3 Å². The van der Waals surface area contributed by atoms with Gasteiger partial charge < -0.3 is 45.0 Å². The summed E-state index contributed by atoms with van der Waals surface area (Å²) >= 11 is 5.94. The van der Waals surface area contributed by atoms with Gasteiger partial charge in [-0.25, -0.2) is 9.18 Å². The first-order valence-electron chi connectivity index (χ1n) is 22.6.